The molecule has 1 aromatic carbocycles. The number of benzene rings is 1. The maximum Gasteiger partial charge on any atom is 0.134 e. The van der Waals surface area contributed by atoms with Crippen LogP contribution in [0.3, 0.4) is 0 Å². The van der Waals surface area contributed by atoms with Gasteiger partial charge in [0.1, 0.15) is 5.82 Å². The maximum absolute atomic E-state index is 15.0. The molecule has 4 aromatic rings. The van der Waals surface area contributed by atoms with Gasteiger partial charge >= 0.3 is 0 Å². The molecule has 3 aromatic heterocycles. The molecule has 6 heteroatoms. The van der Waals surface area contributed by atoms with Crippen LogP contribution in [-0.4, -0.2) is 21.6 Å². The molecule has 4 nitrogen and oxygen atoms in total. The molecule has 5 rings (SSSR count). The second-order valence-electron chi connectivity index (χ2n) is 8.79. The first-order valence-electron chi connectivity index (χ1n) is 11.2. The summed E-state index contributed by atoms with van der Waals surface area (Å²) in [5, 5.41) is 1.21. The van der Waals surface area contributed by atoms with Gasteiger partial charge in [0.25, 0.3) is 0 Å². The summed E-state index contributed by atoms with van der Waals surface area (Å²) in [6.45, 7) is 6.63. The summed E-state index contributed by atoms with van der Waals surface area (Å²) in [5.74, 6) is -0.206. The van der Waals surface area contributed by atoms with Crippen molar-refractivity contribution in [1.29, 1.82) is 0 Å². The Balaban J connectivity index is 1.62. The summed E-state index contributed by atoms with van der Waals surface area (Å²) in [5.41, 5.74) is 6.89. The largest absolute Gasteiger partial charge is 0.373 e. The number of ether oxygens (including phenoxy) is 1. The normalized spacial score (nSPS) is 18.6. The highest BCUT2D eigenvalue weighted by molar-refractivity contribution is 6.30. The molecule has 0 spiro atoms. The minimum atomic E-state index is -0.385. The molecular weight excluding hydrogens is 437 g/mol. The molecule has 33 heavy (non-hydrogen) atoms. The lowest BCUT2D eigenvalue weighted by atomic mass is 9.88. The van der Waals surface area contributed by atoms with E-state index in [-0.39, 0.29) is 17.8 Å². The van der Waals surface area contributed by atoms with Gasteiger partial charge < -0.3 is 4.74 Å². The maximum atomic E-state index is 15.0. The number of fused-ring (bicyclic) bond motifs is 1. The Labute approximate surface area is 197 Å². The molecule has 0 radical (unpaired) electrons. The Morgan fingerprint density at radius 2 is 1.88 bits per heavy atom. The number of nitrogens with zero attached hydrogens (tertiary/aromatic N) is 3. The summed E-state index contributed by atoms with van der Waals surface area (Å²) >= 11 is 6.02. The van der Waals surface area contributed by atoms with Gasteiger partial charge in [-0.1, -0.05) is 11.6 Å². The zero-order chi connectivity index (χ0) is 23.1. The van der Waals surface area contributed by atoms with E-state index in [0.29, 0.717) is 22.9 Å². The molecule has 0 bridgehead atoms. The van der Waals surface area contributed by atoms with Gasteiger partial charge in [-0.2, -0.15) is 0 Å². The van der Waals surface area contributed by atoms with E-state index >= 15 is 0 Å². The van der Waals surface area contributed by atoms with E-state index in [1.165, 1.54) is 6.07 Å². The molecule has 0 amide bonds. The molecule has 4 heterocycles. The van der Waals surface area contributed by atoms with Crippen molar-refractivity contribution in [3.05, 3.63) is 87.7 Å². The van der Waals surface area contributed by atoms with Crippen LogP contribution in [0.4, 0.5) is 4.39 Å². The van der Waals surface area contributed by atoms with Gasteiger partial charge in [0.15, 0.2) is 0 Å². The molecule has 1 aliphatic heterocycles. The van der Waals surface area contributed by atoms with Crippen molar-refractivity contribution < 1.29 is 9.13 Å². The molecule has 0 saturated carbocycles. The number of halogens is 2. The van der Waals surface area contributed by atoms with E-state index in [1.54, 1.807) is 12.1 Å². The van der Waals surface area contributed by atoms with Crippen molar-refractivity contribution in [3.8, 4) is 11.3 Å². The van der Waals surface area contributed by atoms with Crippen LogP contribution in [0, 0.1) is 26.6 Å². The van der Waals surface area contributed by atoms with Crippen molar-refractivity contribution >= 4 is 22.5 Å². The van der Waals surface area contributed by atoms with Crippen molar-refractivity contribution in [1.82, 2.24) is 15.0 Å². The molecule has 1 aliphatic rings. The summed E-state index contributed by atoms with van der Waals surface area (Å²) in [4.78, 5) is 14.1. The monoisotopic (exact) mass is 461 g/mol. The third kappa shape index (κ3) is 4.35. The molecule has 0 unspecified atom stereocenters. The average molecular weight is 462 g/mol. The number of aryl methyl sites for hydroxylation is 3. The highest BCUT2D eigenvalue weighted by Gasteiger charge is 2.27. The van der Waals surface area contributed by atoms with Crippen LogP contribution in [0.15, 0.2) is 48.7 Å². The second kappa shape index (κ2) is 8.81. The van der Waals surface area contributed by atoms with Gasteiger partial charge in [-0.05, 0) is 87.2 Å². The number of hydrogen-bond acceptors (Lipinski definition) is 4. The average Bonchev–Trinajstić information content (AvgIpc) is 2.80. The third-order valence-electron chi connectivity index (χ3n) is 6.46. The van der Waals surface area contributed by atoms with Crippen LogP contribution in [0.2, 0.25) is 5.02 Å². The third-order valence-corrected chi connectivity index (χ3v) is 6.69. The van der Waals surface area contributed by atoms with E-state index in [1.807, 2.05) is 39.1 Å². The smallest absolute Gasteiger partial charge is 0.134 e. The molecule has 0 N–H and O–H groups in total. The second-order valence-corrected chi connectivity index (χ2v) is 9.22. The Bertz CT molecular complexity index is 1360. The van der Waals surface area contributed by atoms with E-state index in [9.17, 15) is 4.39 Å². The highest BCUT2D eigenvalue weighted by Crippen LogP contribution is 2.39. The minimum Gasteiger partial charge on any atom is -0.373 e. The lowest BCUT2D eigenvalue weighted by molar-refractivity contribution is 0.00460. The van der Waals surface area contributed by atoms with Crippen LogP contribution < -0.4 is 0 Å². The predicted octanol–water partition coefficient (Wildman–Crippen LogP) is 7.04. The summed E-state index contributed by atoms with van der Waals surface area (Å²) in [6.07, 6.45) is 3.45. The first kappa shape index (κ1) is 21.9. The fraction of sp³-hybridized carbons (Fsp3) is 0.296. The summed E-state index contributed by atoms with van der Waals surface area (Å²) in [7, 11) is 0. The fourth-order valence-electron chi connectivity index (χ4n) is 4.55. The molecule has 1 saturated heterocycles. The first-order valence-corrected chi connectivity index (χ1v) is 11.6. The van der Waals surface area contributed by atoms with Crippen molar-refractivity contribution in [2.75, 3.05) is 6.61 Å². The SMILES string of the molecule is Cc1cc([C@H]2C[C@H](c3cc4nc(C)c(C)cc4c(-c4ccc(Cl)cc4F)n3)CCO2)ccn1. The zero-order valence-corrected chi connectivity index (χ0v) is 19.7. The Kier molecular flexibility index (Phi) is 5.85. The highest BCUT2D eigenvalue weighted by atomic mass is 35.5. The molecular formula is C27H25ClFN3O. The van der Waals surface area contributed by atoms with Crippen molar-refractivity contribution in [3.63, 3.8) is 0 Å². The molecule has 2 atom stereocenters. The van der Waals surface area contributed by atoms with E-state index in [2.05, 4.69) is 17.1 Å². The van der Waals surface area contributed by atoms with Crippen molar-refractivity contribution in [2.45, 2.75) is 45.6 Å². The Morgan fingerprint density at radius 3 is 2.67 bits per heavy atom. The molecule has 168 valence electrons. The van der Waals surface area contributed by atoms with Gasteiger partial charge in [0.2, 0.25) is 0 Å². The first-order chi connectivity index (χ1) is 15.9. The fourth-order valence-corrected chi connectivity index (χ4v) is 4.71. The van der Waals surface area contributed by atoms with Crippen molar-refractivity contribution in [2.24, 2.45) is 0 Å². The quantitative estimate of drug-likeness (QED) is 0.328. The van der Waals surface area contributed by atoms with Gasteiger partial charge in [0.05, 0.1) is 17.3 Å². The standard InChI is InChI=1S/C27H25ClFN3O/c1-15-10-22-25(31-17(15)3)14-24(32-27(22)21-5-4-20(28)13-23(21)29)18-7-9-33-26(12-18)19-6-8-30-16(2)11-19/h4-6,8,10-11,13-14,18,26H,7,9,12H2,1-3H3/t18-,26-/m1/s1. The van der Waals surface area contributed by atoms with E-state index in [0.717, 1.165) is 52.0 Å². The van der Waals surface area contributed by atoms with Gasteiger partial charge in [0, 0.05) is 51.8 Å². The number of hydrogen-bond donors (Lipinski definition) is 0. The molecule has 0 aliphatic carbocycles. The van der Waals surface area contributed by atoms with Gasteiger partial charge in [-0.15, -0.1) is 0 Å². The summed E-state index contributed by atoms with van der Waals surface area (Å²) < 4.78 is 21.1. The van der Waals surface area contributed by atoms with Crippen LogP contribution in [0.5, 0.6) is 0 Å². The summed E-state index contributed by atoms with van der Waals surface area (Å²) in [6, 6.07) is 12.9. The van der Waals surface area contributed by atoms with Crippen LogP contribution >= 0.6 is 11.6 Å². The number of rotatable bonds is 3. The number of aromatic nitrogens is 3. The number of pyridine rings is 3. The van der Waals surface area contributed by atoms with Crippen LogP contribution in [-0.2, 0) is 4.74 Å². The predicted molar refractivity (Wildman–Crippen MR) is 129 cm³/mol. The lowest BCUT2D eigenvalue weighted by Gasteiger charge is -2.30. The van der Waals surface area contributed by atoms with Crippen LogP contribution in [0.1, 0.15) is 53.1 Å². The van der Waals surface area contributed by atoms with Crippen LogP contribution in [0.25, 0.3) is 22.2 Å². The Hall–Kier alpha value is -2.89. The molecule has 1 fully saturated rings. The van der Waals surface area contributed by atoms with E-state index < -0.39 is 0 Å². The lowest BCUT2D eigenvalue weighted by Crippen LogP contribution is -2.20. The zero-order valence-electron chi connectivity index (χ0n) is 18.9. The Morgan fingerprint density at radius 1 is 1.03 bits per heavy atom. The van der Waals surface area contributed by atoms with Gasteiger partial charge in [-0.25, -0.2) is 4.39 Å². The minimum absolute atomic E-state index is 0.0219. The topological polar surface area (TPSA) is 47.9 Å². The van der Waals surface area contributed by atoms with Gasteiger partial charge in [-0.3, -0.25) is 15.0 Å². The van der Waals surface area contributed by atoms with E-state index in [4.69, 9.17) is 26.3 Å².